The molecule has 1 saturated carbocycles. The molecular formula is C41H46O16. The van der Waals surface area contributed by atoms with E-state index in [1.54, 1.807) is 13.8 Å². The summed E-state index contributed by atoms with van der Waals surface area (Å²) in [4.78, 5) is 76.2. The Morgan fingerprint density at radius 2 is 0.912 bits per heavy atom. The maximum Gasteiger partial charge on any atom is 0.348 e. The monoisotopic (exact) mass is 794 g/mol. The molecule has 0 amide bonds. The number of carbonyl (C=O) groups is 6. The van der Waals surface area contributed by atoms with Crippen LogP contribution in [-0.2, 0) is 66.7 Å². The van der Waals surface area contributed by atoms with Gasteiger partial charge in [-0.15, -0.1) is 0 Å². The fourth-order valence-electron chi connectivity index (χ4n) is 6.25. The lowest BCUT2D eigenvalue weighted by molar-refractivity contribution is -0.375. The number of esters is 6. The smallest absolute Gasteiger partial charge is 0.348 e. The van der Waals surface area contributed by atoms with Gasteiger partial charge in [0.2, 0.25) is 0 Å². The van der Waals surface area contributed by atoms with E-state index in [0.29, 0.717) is 29.9 Å². The van der Waals surface area contributed by atoms with Gasteiger partial charge in [-0.1, -0.05) is 56.2 Å². The molecule has 0 bridgehead atoms. The number of hydrogen-bond acceptors (Lipinski definition) is 16. The van der Waals surface area contributed by atoms with E-state index in [0.717, 1.165) is 38.8 Å². The van der Waals surface area contributed by atoms with Gasteiger partial charge in [-0.05, 0) is 62.3 Å². The molecule has 2 saturated heterocycles. The minimum atomic E-state index is -2.32. The van der Waals surface area contributed by atoms with Gasteiger partial charge < -0.3 is 48.1 Å². The molecule has 2 unspecified atom stereocenters. The van der Waals surface area contributed by atoms with Crippen molar-refractivity contribution in [3.63, 3.8) is 0 Å². The Morgan fingerprint density at radius 1 is 0.544 bits per heavy atom. The van der Waals surface area contributed by atoms with Crippen LogP contribution in [-0.4, -0.2) is 69.2 Å². The van der Waals surface area contributed by atoms with Gasteiger partial charge in [0, 0.05) is 40.5 Å². The van der Waals surface area contributed by atoms with E-state index in [-0.39, 0.29) is 16.6 Å². The molecule has 0 aromatic rings. The van der Waals surface area contributed by atoms with Crippen LogP contribution in [0.2, 0.25) is 0 Å². The van der Waals surface area contributed by atoms with Gasteiger partial charge in [-0.3, -0.25) is 0 Å². The molecule has 5 rings (SSSR count). The van der Waals surface area contributed by atoms with Crippen molar-refractivity contribution in [2.24, 2.45) is 11.3 Å². The first-order valence-corrected chi connectivity index (χ1v) is 18.2. The van der Waals surface area contributed by atoms with Gasteiger partial charge in [0.25, 0.3) is 23.5 Å². The Kier molecular flexibility index (Phi) is 11.2. The van der Waals surface area contributed by atoms with E-state index < -0.39 is 82.0 Å². The van der Waals surface area contributed by atoms with Crippen LogP contribution in [0.3, 0.4) is 0 Å². The summed E-state index contributed by atoms with van der Waals surface area (Å²) < 4.78 is 43.1. The molecule has 0 radical (unpaired) electrons. The quantitative estimate of drug-likeness (QED) is 0.0971. The van der Waals surface area contributed by atoms with Crippen LogP contribution in [0.5, 0.6) is 0 Å². The molecule has 1 spiro atoms. The number of hydrogen-bond donors (Lipinski definition) is 2. The standard InChI is InChI=1S/C41H46O16/c1-22(2)38(7)18-20-41(21-19-38)56-35(48)28(36(49)57-41)17-13-24(4)12-16-27-33(46)54-40(9,55-34(27)47)39(8)52-31(44)26(32(45)53-39)15-11-23(3)10-14-25-29(42)50-37(5,6)51-30(25)43/h10-17,22,44,46H,18-21H2,1-9H3/b15-11+,16-12+,23-10+,24-13+,28-17?. The first-order valence-electron chi connectivity index (χ1n) is 18.2. The molecule has 4 heterocycles. The van der Waals surface area contributed by atoms with Crippen molar-refractivity contribution >= 4 is 35.8 Å². The van der Waals surface area contributed by atoms with Crippen molar-refractivity contribution in [3.05, 3.63) is 93.9 Å². The normalized spacial score (nSPS) is 31.1. The van der Waals surface area contributed by atoms with E-state index in [4.69, 9.17) is 37.9 Å². The third-order valence-corrected chi connectivity index (χ3v) is 10.6. The molecule has 4 aliphatic heterocycles. The molecule has 3 fully saturated rings. The lowest BCUT2D eigenvalue weighted by atomic mass is 9.67. The van der Waals surface area contributed by atoms with Crippen LogP contribution in [0.1, 0.15) is 88.0 Å². The number of ether oxygens (including phenoxy) is 8. The van der Waals surface area contributed by atoms with E-state index in [1.807, 2.05) is 0 Å². The number of aliphatic hydroxyl groups is 2. The molecule has 306 valence electrons. The van der Waals surface area contributed by atoms with Crippen LogP contribution in [0.15, 0.2) is 93.9 Å². The zero-order valence-electron chi connectivity index (χ0n) is 33.1. The van der Waals surface area contributed by atoms with Crippen LogP contribution >= 0.6 is 0 Å². The summed E-state index contributed by atoms with van der Waals surface area (Å²) >= 11 is 0. The molecule has 0 aromatic carbocycles. The molecule has 2 atom stereocenters. The van der Waals surface area contributed by atoms with Crippen LogP contribution in [0, 0.1) is 11.3 Å². The zero-order valence-corrected chi connectivity index (χ0v) is 33.1. The molecule has 57 heavy (non-hydrogen) atoms. The van der Waals surface area contributed by atoms with Crippen molar-refractivity contribution in [3.8, 4) is 0 Å². The highest BCUT2D eigenvalue weighted by Crippen LogP contribution is 2.48. The maximum absolute atomic E-state index is 13.1. The molecule has 1 aliphatic carbocycles. The number of carbonyl (C=O) groups excluding carboxylic acids is 6. The van der Waals surface area contributed by atoms with Crippen molar-refractivity contribution in [1.29, 1.82) is 0 Å². The summed E-state index contributed by atoms with van der Waals surface area (Å²) in [6, 6.07) is 0. The Morgan fingerprint density at radius 3 is 1.26 bits per heavy atom. The average Bonchev–Trinajstić information content (AvgIpc) is 3.07. The molecule has 0 aromatic heterocycles. The van der Waals surface area contributed by atoms with Gasteiger partial charge in [0.15, 0.2) is 0 Å². The van der Waals surface area contributed by atoms with Crippen LogP contribution < -0.4 is 0 Å². The van der Waals surface area contributed by atoms with Crippen molar-refractivity contribution in [1.82, 2.24) is 0 Å². The first kappa shape index (κ1) is 42.1. The third-order valence-electron chi connectivity index (χ3n) is 10.6. The fraction of sp³-hybridized carbons (Fsp3) is 0.463. The minimum absolute atomic E-state index is 0.0519. The Labute approximate surface area is 328 Å². The molecule has 5 aliphatic rings. The lowest BCUT2D eigenvalue weighted by Gasteiger charge is -2.46. The zero-order chi connectivity index (χ0) is 42.3. The predicted molar refractivity (Wildman–Crippen MR) is 195 cm³/mol. The lowest BCUT2D eigenvalue weighted by Crippen LogP contribution is -2.61. The summed E-state index contributed by atoms with van der Waals surface area (Å²) in [6.45, 7) is 14.7. The average molecular weight is 795 g/mol. The van der Waals surface area contributed by atoms with Gasteiger partial charge in [-0.2, -0.15) is 0 Å². The second-order valence-corrected chi connectivity index (χ2v) is 15.6. The van der Waals surface area contributed by atoms with Crippen LogP contribution in [0.25, 0.3) is 0 Å². The van der Waals surface area contributed by atoms with E-state index in [9.17, 15) is 39.0 Å². The molecule has 16 heteroatoms. The van der Waals surface area contributed by atoms with E-state index in [1.165, 1.54) is 50.3 Å². The Balaban J connectivity index is 1.24. The summed E-state index contributed by atoms with van der Waals surface area (Å²) in [5.41, 5.74) is -0.669. The summed E-state index contributed by atoms with van der Waals surface area (Å²) in [5, 5.41) is 21.4. The van der Waals surface area contributed by atoms with Gasteiger partial charge in [0.05, 0.1) is 0 Å². The Hall–Kier alpha value is -6.06. The Bertz CT molecular complexity index is 2000. The highest BCUT2D eigenvalue weighted by molar-refractivity contribution is 6.16. The number of allylic oxidation sites excluding steroid dienone is 8. The summed E-state index contributed by atoms with van der Waals surface area (Å²) in [5.74, 6) is -14.4. The minimum Gasteiger partial charge on any atom is -0.480 e. The van der Waals surface area contributed by atoms with E-state index >= 15 is 0 Å². The van der Waals surface area contributed by atoms with E-state index in [2.05, 4.69) is 20.8 Å². The van der Waals surface area contributed by atoms with Crippen molar-refractivity contribution in [2.45, 2.75) is 111 Å². The van der Waals surface area contributed by atoms with Crippen molar-refractivity contribution < 1.29 is 76.9 Å². The highest BCUT2D eigenvalue weighted by Gasteiger charge is 2.62. The second kappa shape index (κ2) is 15.1. The second-order valence-electron chi connectivity index (χ2n) is 15.6. The molecular weight excluding hydrogens is 748 g/mol. The molecule has 16 nitrogen and oxygen atoms in total. The van der Waals surface area contributed by atoms with Crippen LogP contribution in [0.4, 0.5) is 0 Å². The summed E-state index contributed by atoms with van der Waals surface area (Å²) in [7, 11) is 0. The fourth-order valence-corrected chi connectivity index (χ4v) is 6.25. The largest absolute Gasteiger partial charge is 0.480 e. The summed E-state index contributed by atoms with van der Waals surface area (Å²) in [6.07, 6.45) is 12.5. The number of rotatable bonds is 8. The van der Waals surface area contributed by atoms with Gasteiger partial charge >= 0.3 is 47.4 Å². The first-order chi connectivity index (χ1) is 26.4. The topological polar surface area (TPSA) is 217 Å². The van der Waals surface area contributed by atoms with Gasteiger partial charge in [-0.25, -0.2) is 28.8 Å². The predicted octanol–water partition coefficient (Wildman–Crippen LogP) is 5.83. The number of aliphatic hydroxyl groups excluding tert-OH is 2. The third kappa shape index (κ3) is 8.69. The molecule has 2 N–H and O–H groups in total. The number of cyclic esters (lactones) is 4. The van der Waals surface area contributed by atoms with Crippen molar-refractivity contribution in [2.75, 3.05) is 0 Å². The maximum atomic E-state index is 13.1. The highest BCUT2D eigenvalue weighted by atomic mass is 16.8. The SMILES string of the molecule is CC(/C=C/C1=C(O)OC(C)(C2(C)OC(=O)C(/C=C/C(C)=C/C=C3C(=O)OC4(CCC(C)(C(C)C)CC4)OC3=O)=C(O)O2)OC1=O)=C\C=C1C(=O)OC(C)(C)OC1=O. The van der Waals surface area contributed by atoms with Gasteiger partial charge in [0.1, 0.15) is 22.3 Å².